The molecule has 0 radical (unpaired) electrons. The summed E-state index contributed by atoms with van der Waals surface area (Å²) in [5, 5.41) is 1.93. The molecular weight excluding hydrogens is 340 g/mol. The Kier molecular flexibility index (Phi) is 4.56. The minimum Gasteiger partial charge on any atom is -0.381 e. The number of β-lactam (4-membered cyclic amide) rings is 1. The molecule has 1 unspecified atom stereocenters. The van der Waals surface area contributed by atoms with Crippen molar-refractivity contribution in [1.82, 2.24) is 9.80 Å². The molecule has 25 heavy (non-hydrogen) atoms. The highest BCUT2D eigenvalue weighted by atomic mass is 32.1. The van der Waals surface area contributed by atoms with E-state index in [9.17, 15) is 9.59 Å². The monoisotopic (exact) mass is 364 g/mol. The van der Waals surface area contributed by atoms with Crippen molar-refractivity contribution >= 4 is 23.2 Å². The number of nitrogens with zero attached hydrogens (tertiary/aromatic N) is 2. The van der Waals surface area contributed by atoms with Gasteiger partial charge in [-0.05, 0) is 37.1 Å². The molecule has 3 fully saturated rings. The molecule has 2 amide bonds. The van der Waals surface area contributed by atoms with Gasteiger partial charge in [0.1, 0.15) is 0 Å². The third kappa shape index (κ3) is 2.69. The number of carbonyl (C=O) groups is 2. The average molecular weight is 364 g/mol. The van der Waals surface area contributed by atoms with Crippen molar-refractivity contribution in [3.05, 3.63) is 22.4 Å². The third-order valence-electron chi connectivity index (χ3n) is 5.87. The third-order valence-corrected chi connectivity index (χ3v) is 6.73. The van der Waals surface area contributed by atoms with E-state index in [1.165, 1.54) is 11.3 Å². The van der Waals surface area contributed by atoms with Gasteiger partial charge in [0, 0.05) is 39.5 Å². The van der Waals surface area contributed by atoms with Gasteiger partial charge in [-0.25, -0.2) is 0 Å². The molecule has 1 spiro atoms. The molecule has 0 N–H and O–H groups in total. The standard InChI is InChI=1S/C18H24N2O4S/c1-23-15-17(22)20(18(15)6-10-24-11-7-18)13-4-8-19(9-5-13)16(21)14-3-2-12-25-14/h2-3,12-13,15H,4-11H2,1H3. The second kappa shape index (κ2) is 6.70. The molecule has 1 aromatic heterocycles. The molecule has 1 aromatic rings. The Morgan fingerprint density at radius 3 is 2.64 bits per heavy atom. The van der Waals surface area contributed by atoms with E-state index in [1.807, 2.05) is 22.4 Å². The van der Waals surface area contributed by atoms with Gasteiger partial charge in [-0.1, -0.05) is 6.07 Å². The van der Waals surface area contributed by atoms with Crippen molar-refractivity contribution in [2.45, 2.75) is 43.4 Å². The van der Waals surface area contributed by atoms with Gasteiger partial charge in [0.05, 0.1) is 10.4 Å². The minimum atomic E-state index is -0.331. The normalized spacial score (nSPS) is 26.8. The van der Waals surface area contributed by atoms with Gasteiger partial charge in [0.2, 0.25) is 0 Å². The number of rotatable bonds is 3. The van der Waals surface area contributed by atoms with Crippen molar-refractivity contribution in [2.24, 2.45) is 0 Å². The minimum absolute atomic E-state index is 0.104. The summed E-state index contributed by atoms with van der Waals surface area (Å²) >= 11 is 1.48. The summed E-state index contributed by atoms with van der Waals surface area (Å²) in [6.07, 6.45) is 3.02. The quantitative estimate of drug-likeness (QED) is 0.767. The molecule has 0 aliphatic carbocycles. The topological polar surface area (TPSA) is 59.1 Å². The molecule has 4 heterocycles. The largest absolute Gasteiger partial charge is 0.381 e. The maximum Gasteiger partial charge on any atom is 0.263 e. The number of hydrogen-bond donors (Lipinski definition) is 0. The highest BCUT2D eigenvalue weighted by Crippen LogP contribution is 2.45. The number of piperidine rings is 1. The fourth-order valence-electron chi connectivity index (χ4n) is 4.61. The van der Waals surface area contributed by atoms with Crippen LogP contribution in [0.4, 0.5) is 0 Å². The van der Waals surface area contributed by atoms with E-state index < -0.39 is 0 Å². The van der Waals surface area contributed by atoms with Gasteiger partial charge in [0.15, 0.2) is 6.10 Å². The molecule has 6 nitrogen and oxygen atoms in total. The van der Waals surface area contributed by atoms with Crippen LogP contribution in [0.1, 0.15) is 35.4 Å². The Bertz CT molecular complexity index is 634. The van der Waals surface area contributed by atoms with Crippen molar-refractivity contribution < 1.29 is 19.1 Å². The van der Waals surface area contributed by atoms with E-state index in [2.05, 4.69) is 4.90 Å². The Labute approximate surface area is 151 Å². The maximum absolute atomic E-state index is 12.6. The van der Waals surface area contributed by atoms with E-state index in [1.54, 1.807) is 7.11 Å². The number of amides is 2. The van der Waals surface area contributed by atoms with Crippen LogP contribution in [0.5, 0.6) is 0 Å². The number of thiophene rings is 1. The maximum atomic E-state index is 12.6. The first-order valence-corrected chi connectivity index (χ1v) is 9.82. The summed E-state index contributed by atoms with van der Waals surface area (Å²) in [4.78, 5) is 29.9. The lowest BCUT2D eigenvalue weighted by atomic mass is 9.72. The molecule has 3 aliphatic rings. The number of methoxy groups -OCH3 is 1. The van der Waals surface area contributed by atoms with Gasteiger partial charge in [0.25, 0.3) is 11.8 Å². The summed E-state index contributed by atoms with van der Waals surface area (Å²) in [5.41, 5.74) is -0.200. The van der Waals surface area contributed by atoms with Gasteiger partial charge in [-0.3, -0.25) is 9.59 Å². The zero-order valence-corrected chi connectivity index (χ0v) is 15.3. The first-order chi connectivity index (χ1) is 12.2. The van der Waals surface area contributed by atoms with Crippen LogP contribution in [0, 0.1) is 0 Å². The molecular formula is C18H24N2O4S. The summed E-state index contributed by atoms with van der Waals surface area (Å²) in [5.74, 6) is 0.214. The van der Waals surface area contributed by atoms with Crippen LogP contribution in [0.15, 0.2) is 17.5 Å². The number of likely N-dealkylation sites (tertiary alicyclic amines) is 2. The van der Waals surface area contributed by atoms with Gasteiger partial charge in [-0.15, -0.1) is 11.3 Å². The molecule has 7 heteroatoms. The smallest absolute Gasteiger partial charge is 0.263 e. The molecule has 3 saturated heterocycles. The van der Waals surface area contributed by atoms with Crippen molar-refractivity contribution in [2.75, 3.05) is 33.4 Å². The summed E-state index contributed by atoms with van der Waals surface area (Å²) < 4.78 is 11.0. The number of ether oxygens (including phenoxy) is 2. The predicted octanol–water partition coefficient (Wildman–Crippen LogP) is 1.76. The highest BCUT2D eigenvalue weighted by Gasteiger charge is 2.62. The predicted molar refractivity (Wildman–Crippen MR) is 93.7 cm³/mol. The molecule has 0 aromatic carbocycles. The van der Waals surface area contributed by atoms with Crippen LogP contribution in [0.2, 0.25) is 0 Å². The average Bonchev–Trinajstić information content (AvgIpc) is 3.18. The summed E-state index contributed by atoms with van der Waals surface area (Å²) in [6.45, 7) is 2.77. The van der Waals surface area contributed by atoms with Crippen LogP contribution in [-0.4, -0.2) is 72.7 Å². The summed E-state index contributed by atoms with van der Waals surface area (Å²) in [7, 11) is 1.62. The second-order valence-electron chi connectivity index (χ2n) is 7.04. The van der Waals surface area contributed by atoms with Crippen LogP contribution in [0.3, 0.4) is 0 Å². The van der Waals surface area contributed by atoms with Crippen molar-refractivity contribution in [3.8, 4) is 0 Å². The molecule has 4 rings (SSSR count). The van der Waals surface area contributed by atoms with E-state index in [0.717, 1.165) is 30.6 Å². The van der Waals surface area contributed by atoms with E-state index >= 15 is 0 Å². The Morgan fingerprint density at radius 2 is 2.04 bits per heavy atom. The number of hydrogen-bond acceptors (Lipinski definition) is 5. The molecule has 3 aliphatic heterocycles. The lowest BCUT2D eigenvalue weighted by Crippen LogP contribution is -2.79. The fourth-order valence-corrected chi connectivity index (χ4v) is 5.30. The zero-order chi connectivity index (χ0) is 17.4. The molecule has 0 bridgehead atoms. The second-order valence-corrected chi connectivity index (χ2v) is 7.99. The van der Waals surface area contributed by atoms with Gasteiger partial charge < -0.3 is 19.3 Å². The Balaban J connectivity index is 1.43. The molecule has 1 atom stereocenters. The van der Waals surface area contributed by atoms with E-state index in [-0.39, 0.29) is 29.5 Å². The van der Waals surface area contributed by atoms with Gasteiger partial charge >= 0.3 is 0 Å². The Morgan fingerprint density at radius 1 is 1.32 bits per heavy atom. The van der Waals surface area contributed by atoms with Crippen LogP contribution in [-0.2, 0) is 14.3 Å². The van der Waals surface area contributed by atoms with Crippen molar-refractivity contribution in [1.29, 1.82) is 0 Å². The first kappa shape index (κ1) is 17.0. The SMILES string of the molecule is COC1C(=O)N(C2CCN(C(=O)c3cccs3)CC2)C12CCOCC2. The Hall–Kier alpha value is -1.44. The lowest BCUT2D eigenvalue weighted by molar-refractivity contribution is -0.213. The molecule has 136 valence electrons. The fraction of sp³-hybridized carbons (Fsp3) is 0.667. The zero-order valence-electron chi connectivity index (χ0n) is 14.5. The van der Waals surface area contributed by atoms with Crippen LogP contribution < -0.4 is 0 Å². The van der Waals surface area contributed by atoms with Crippen LogP contribution in [0.25, 0.3) is 0 Å². The van der Waals surface area contributed by atoms with E-state index in [0.29, 0.717) is 26.3 Å². The van der Waals surface area contributed by atoms with Gasteiger partial charge in [-0.2, -0.15) is 0 Å². The summed E-state index contributed by atoms with van der Waals surface area (Å²) in [6, 6.07) is 3.98. The van der Waals surface area contributed by atoms with Crippen LogP contribution >= 0.6 is 11.3 Å². The highest BCUT2D eigenvalue weighted by molar-refractivity contribution is 7.12. The number of carbonyl (C=O) groups excluding carboxylic acids is 2. The molecule has 0 saturated carbocycles. The first-order valence-electron chi connectivity index (χ1n) is 8.94. The lowest BCUT2D eigenvalue weighted by Gasteiger charge is -2.61. The van der Waals surface area contributed by atoms with E-state index in [4.69, 9.17) is 9.47 Å². The van der Waals surface area contributed by atoms with Crippen molar-refractivity contribution in [3.63, 3.8) is 0 Å².